The second-order valence-corrected chi connectivity index (χ2v) is 7.47. The molecule has 0 aliphatic rings. The topological polar surface area (TPSA) is 51.2 Å². The third-order valence-corrected chi connectivity index (χ3v) is 4.96. The highest BCUT2D eigenvalue weighted by atomic mass is 32.1. The third kappa shape index (κ3) is 5.06. The van der Waals surface area contributed by atoms with E-state index in [1.165, 1.54) is 5.56 Å². The van der Waals surface area contributed by atoms with E-state index >= 15 is 0 Å². The van der Waals surface area contributed by atoms with Crippen molar-refractivity contribution < 1.29 is 9.53 Å². The van der Waals surface area contributed by atoms with Crippen molar-refractivity contribution in [1.82, 2.24) is 10.3 Å². The molecule has 24 heavy (non-hydrogen) atoms. The van der Waals surface area contributed by atoms with Crippen LogP contribution in [0.2, 0.25) is 0 Å². The van der Waals surface area contributed by atoms with Gasteiger partial charge in [0.2, 0.25) is 0 Å². The van der Waals surface area contributed by atoms with Gasteiger partial charge in [0.25, 0.3) is 5.91 Å². The molecule has 0 radical (unpaired) electrons. The van der Waals surface area contributed by atoms with Gasteiger partial charge in [0, 0.05) is 11.3 Å². The zero-order chi connectivity index (χ0) is 17.7. The lowest BCUT2D eigenvalue weighted by Crippen LogP contribution is -2.28. The fourth-order valence-corrected chi connectivity index (χ4v) is 3.02. The fourth-order valence-electron chi connectivity index (χ4n) is 2.18. The molecular weight excluding hydrogens is 320 g/mol. The molecule has 130 valence electrons. The zero-order valence-corrected chi connectivity index (χ0v) is 15.9. The lowest BCUT2D eigenvalue weighted by molar-refractivity contribution is -0.123. The van der Waals surface area contributed by atoms with Crippen molar-refractivity contribution in [3.63, 3.8) is 0 Å². The maximum Gasteiger partial charge on any atom is 0.258 e. The highest BCUT2D eigenvalue weighted by Crippen LogP contribution is 2.24. The number of carbonyl (C=O) groups is 1. The molecule has 4 nitrogen and oxygen atoms in total. The fraction of sp³-hybridized carbons (Fsp3) is 0.474. The van der Waals surface area contributed by atoms with Crippen LogP contribution in [-0.2, 0) is 11.3 Å². The lowest BCUT2D eigenvalue weighted by Gasteiger charge is -2.12. The van der Waals surface area contributed by atoms with E-state index in [0.717, 1.165) is 22.0 Å². The number of ether oxygens (including phenoxy) is 1. The van der Waals surface area contributed by atoms with Gasteiger partial charge in [-0.3, -0.25) is 4.79 Å². The standard InChI is InChI=1S/C19H26N2O2S/c1-12(2)15-7-6-14(5)17(8-15)23-10-18(22)20-9-16-11-24-19(21-16)13(3)4/h6-8,11-13H,9-10H2,1-5H3,(H,20,22). The Kier molecular flexibility index (Phi) is 6.37. The molecule has 1 N–H and O–H groups in total. The van der Waals surface area contributed by atoms with Crippen molar-refractivity contribution in [3.8, 4) is 5.75 Å². The molecule has 1 amide bonds. The molecule has 0 fully saturated rings. The molecule has 0 aliphatic carbocycles. The van der Waals surface area contributed by atoms with Crippen molar-refractivity contribution in [2.75, 3.05) is 6.61 Å². The number of nitrogens with zero attached hydrogens (tertiary/aromatic N) is 1. The minimum absolute atomic E-state index is 0.0174. The van der Waals surface area contributed by atoms with E-state index in [-0.39, 0.29) is 12.5 Å². The van der Waals surface area contributed by atoms with Crippen LogP contribution in [0.1, 0.15) is 61.4 Å². The zero-order valence-electron chi connectivity index (χ0n) is 15.1. The number of nitrogens with one attached hydrogen (secondary N) is 1. The average Bonchev–Trinajstić information content (AvgIpc) is 3.01. The highest BCUT2D eigenvalue weighted by Gasteiger charge is 2.09. The number of aryl methyl sites for hydroxylation is 1. The van der Waals surface area contributed by atoms with Crippen LogP contribution in [0.15, 0.2) is 23.6 Å². The normalized spacial score (nSPS) is 11.1. The van der Waals surface area contributed by atoms with E-state index in [1.807, 2.05) is 24.4 Å². The van der Waals surface area contributed by atoms with Crippen LogP contribution in [0.3, 0.4) is 0 Å². The summed E-state index contributed by atoms with van der Waals surface area (Å²) in [6.07, 6.45) is 0. The maximum atomic E-state index is 12.0. The van der Waals surface area contributed by atoms with Crippen molar-refractivity contribution >= 4 is 17.2 Å². The number of aromatic nitrogens is 1. The minimum atomic E-state index is -0.136. The van der Waals surface area contributed by atoms with E-state index in [0.29, 0.717) is 18.4 Å². The Morgan fingerprint density at radius 3 is 2.62 bits per heavy atom. The summed E-state index contributed by atoms with van der Waals surface area (Å²) in [6.45, 7) is 11.0. The number of carbonyl (C=O) groups excluding carboxylic acids is 1. The Morgan fingerprint density at radius 1 is 1.25 bits per heavy atom. The predicted octanol–water partition coefficient (Wildman–Crippen LogP) is 4.39. The van der Waals surface area contributed by atoms with E-state index in [4.69, 9.17) is 4.74 Å². The van der Waals surface area contributed by atoms with Gasteiger partial charge in [-0.2, -0.15) is 0 Å². The number of benzene rings is 1. The van der Waals surface area contributed by atoms with Crippen LogP contribution in [0.4, 0.5) is 0 Å². The quantitative estimate of drug-likeness (QED) is 0.809. The highest BCUT2D eigenvalue weighted by molar-refractivity contribution is 7.09. The van der Waals surface area contributed by atoms with Gasteiger partial charge >= 0.3 is 0 Å². The van der Waals surface area contributed by atoms with Gasteiger partial charge in [-0.1, -0.05) is 39.8 Å². The second-order valence-electron chi connectivity index (χ2n) is 6.58. The average molecular weight is 346 g/mol. The van der Waals surface area contributed by atoms with Crippen molar-refractivity contribution in [2.45, 2.75) is 53.0 Å². The lowest BCUT2D eigenvalue weighted by atomic mass is 10.0. The molecule has 1 aromatic heterocycles. The first-order chi connectivity index (χ1) is 11.4. The molecule has 2 rings (SSSR count). The van der Waals surface area contributed by atoms with E-state index in [1.54, 1.807) is 11.3 Å². The second kappa shape index (κ2) is 8.29. The van der Waals surface area contributed by atoms with Crippen LogP contribution in [0.5, 0.6) is 5.75 Å². The van der Waals surface area contributed by atoms with Gasteiger partial charge in [0.1, 0.15) is 5.75 Å². The number of hydrogen-bond donors (Lipinski definition) is 1. The molecule has 0 atom stereocenters. The Hall–Kier alpha value is -1.88. The SMILES string of the molecule is Cc1ccc(C(C)C)cc1OCC(=O)NCc1csc(C(C)C)n1. The van der Waals surface area contributed by atoms with Crippen LogP contribution in [0, 0.1) is 6.92 Å². The van der Waals surface area contributed by atoms with Gasteiger partial charge < -0.3 is 10.1 Å². The largest absolute Gasteiger partial charge is 0.483 e. The smallest absolute Gasteiger partial charge is 0.258 e. The number of amides is 1. The molecule has 1 aromatic carbocycles. The summed E-state index contributed by atoms with van der Waals surface area (Å²) in [4.78, 5) is 16.5. The Labute approximate surface area is 148 Å². The molecule has 2 aromatic rings. The molecule has 0 spiro atoms. The first-order valence-corrected chi connectivity index (χ1v) is 9.19. The van der Waals surface area contributed by atoms with Crippen molar-refractivity contribution in [2.24, 2.45) is 0 Å². The van der Waals surface area contributed by atoms with E-state index in [9.17, 15) is 4.79 Å². The molecule has 0 aliphatic heterocycles. The summed E-state index contributed by atoms with van der Waals surface area (Å²) in [5.74, 6) is 1.48. The molecule has 0 bridgehead atoms. The number of hydrogen-bond acceptors (Lipinski definition) is 4. The number of rotatable bonds is 7. The molecule has 5 heteroatoms. The summed E-state index contributed by atoms with van der Waals surface area (Å²) in [6, 6.07) is 6.15. The minimum Gasteiger partial charge on any atom is -0.483 e. The maximum absolute atomic E-state index is 12.0. The monoisotopic (exact) mass is 346 g/mol. The summed E-state index contributed by atoms with van der Waals surface area (Å²) in [7, 11) is 0. The predicted molar refractivity (Wildman–Crippen MR) is 98.8 cm³/mol. The molecule has 1 heterocycles. The van der Waals surface area contributed by atoms with E-state index in [2.05, 4.69) is 44.1 Å². The van der Waals surface area contributed by atoms with Gasteiger partial charge in [-0.05, 0) is 30.0 Å². The van der Waals surface area contributed by atoms with Crippen molar-refractivity contribution in [3.05, 3.63) is 45.4 Å². The Balaban J connectivity index is 1.85. The van der Waals surface area contributed by atoms with Gasteiger partial charge in [0.05, 0.1) is 17.2 Å². The van der Waals surface area contributed by atoms with Crippen LogP contribution in [-0.4, -0.2) is 17.5 Å². The van der Waals surface area contributed by atoms with Gasteiger partial charge in [0.15, 0.2) is 6.61 Å². The van der Waals surface area contributed by atoms with Crippen LogP contribution >= 0.6 is 11.3 Å². The molecular formula is C19H26N2O2S. The van der Waals surface area contributed by atoms with Crippen LogP contribution < -0.4 is 10.1 Å². The summed E-state index contributed by atoms with van der Waals surface area (Å²) < 4.78 is 5.69. The molecule has 0 unspecified atom stereocenters. The third-order valence-electron chi connectivity index (χ3n) is 3.77. The van der Waals surface area contributed by atoms with Crippen LogP contribution in [0.25, 0.3) is 0 Å². The number of thiazole rings is 1. The first-order valence-electron chi connectivity index (χ1n) is 8.31. The Morgan fingerprint density at radius 2 is 2.00 bits per heavy atom. The molecule has 0 saturated heterocycles. The van der Waals surface area contributed by atoms with Crippen molar-refractivity contribution in [1.29, 1.82) is 0 Å². The van der Waals surface area contributed by atoms with Gasteiger partial charge in [-0.15, -0.1) is 11.3 Å². The summed E-state index contributed by atoms with van der Waals surface area (Å²) in [5.41, 5.74) is 3.14. The molecule has 0 saturated carbocycles. The first kappa shape index (κ1) is 18.5. The van der Waals surface area contributed by atoms with E-state index < -0.39 is 0 Å². The summed E-state index contributed by atoms with van der Waals surface area (Å²) in [5, 5.41) is 5.95. The summed E-state index contributed by atoms with van der Waals surface area (Å²) >= 11 is 1.63. The Bertz CT molecular complexity index is 692. The van der Waals surface area contributed by atoms with Gasteiger partial charge in [-0.25, -0.2) is 4.98 Å².